The van der Waals surface area contributed by atoms with Gasteiger partial charge in [0.15, 0.2) is 0 Å². The van der Waals surface area contributed by atoms with Crippen molar-refractivity contribution in [3.05, 3.63) is 36.0 Å². The number of carbonyl (C=O) groups is 1. The third-order valence-corrected chi connectivity index (χ3v) is 3.99. The molecule has 0 unspecified atom stereocenters. The van der Waals surface area contributed by atoms with Gasteiger partial charge in [0.25, 0.3) is 5.91 Å². The number of aryl methyl sites for hydroxylation is 1. The molecule has 0 aliphatic heterocycles. The van der Waals surface area contributed by atoms with Crippen LogP contribution >= 0.6 is 0 Å². The fourth-order valence-corrected chi connectivity index (χ4v) is 2.31. The maximum atomic E-state index is 12.3. The van der Waals surface area contributed by atoms with Gasteiger partial charge in [-0.2, -0.15) is 0 Å². The van der Waals surface area contributed by atoms with Crippen LogP contribution in [0.1, 0.15) is 30.6 Å². The van der Waals surface area contributed by atoms with Gasteiger partial charge in [0.2, 0.25) is 0 Å². The second kappa shape index (κ2) is 6.09. The zero-order valence-corrected chi connectivity index (χ0v) is 12.3. The van der Waals surface area contributed by atoms with Crippen LogP contribution in [0.3, 0.4) is 0 Å². The van der Waals surface area contributed by atoms with Gasteiger partial charge in [-0.1, -0.05) is 26.3 Å². The molecule has 2 aromatic rings. The van der Waals surface area contributed by atoms with E-state index in [4.69, 9.17) is 0 Å². The SMILES string of the molecule is CC[C@@H](C)[C@@H](CO)NC(=O)c1ccc2ccn(C)c2c1. The van der Waals surface area contributed by atoms with Crippen LogP contribution in [-0.4, -0.2) is 28.2 Å². The Morgan fingerprint density at radius 3 is 2.80 bits per heavy atom. The van der Waals surface area contributed by atoms with Gasteiger partial charge in [0.05, 0.1) is 12.6 Å². The molecular weight excluding hydrogens is 252 g/mol. The zero-order valence-electron chi connectivity index (χ0n) is 12.3. The van der Waals surface area contributed by atoms with E-state index in [-0.39, 0.29) is 24.5 Å². The highest BCUT2D eigenvalue weighted by molar-refractivity contribution is 5.98. The van der Waals surface area contributed by atoms with Crippen LogP contribution in [0.4, 0.5) is 0 Å². The number of nitrogens with one attached hydrogen (secondary N) is 1. The van der Waals surface area contributed by atoms with E-state index in [1.54, 1.807) is 0 Å². The second-order valence-electron chi connectivity index (χ2n) is 5.35. The van der Waals surface area contributed by atoms with Crippen LogP contribution < -0.4 is 5.32 Å². The number of amides is 1. The minimum absolute atomic E-state index is 0.0346. The molecule has 1 aromatic heterocycles. The molecule has 2 atom stereocenters. The molecule has 0 fully saturated rings. The van der Waals surface area contributed by atoms with E-state index in [0.29, 0.717) is 5.56 Å². The molecule has 0 aliphatic carbocycles. The van der Waals surface area contributed by atoms with E-state index in [0.717, 1.165) is 17.3 Å². The third-order valence-electron chi connectivity index (χ3n) is 3.99. The van der Waals surface area contributed by atoms with Crippen LogP contribution in [0, 0.1) is 5.92 Å². The topological polar surface area (TPSA) is 54.3 Å². The Labute approximate surface area is 119 Å². The quantitative estimate of drug-likeness (QED) is 0.879. The van der Waals surface area contributed by atoms with Gasteiger partial charge in [-0.05, 0) is 29.5 Å². The first kappa shape index (κ1) is 14.6. The molecular formula is C16H22N2O2. The number of hydrogen-bond donors (Lipinski definition) is 2. The highest BCUT2D eigenvalue weighted by atomic mass is 16.3. The number of aliphatic hydroxyl groups excluding tert-OH is 1. The fourth-order valence-electron chi connectivity index (χ4n) is 2.31. The summed E-state index contributed by atoms with van der Waals surface area (Å²) >= 11 is 0. The second-order valence-corrected chi connectivity index (χ2v) is 5.35. The summed E-state index contributed by atoms with van der Waals surface area (Å²) in [5.41, 5.74) is 1.66. The first-order valence-corrected chi connectivity index (χ1v) is 7.03. The van der Waals surface area contributed by atoms with Crippen molar-refractivity contribution < 1.29 is 9.90 Å². The molecule has 0 radical (unpaired) electrons. The van der Waals surface area contributed by atoms with Gasteiger partial charge in [0, 0.05) is 24.3 Å². The highest BCUT2D eigenvalue weighted by Gasteiger charge is 2.18. The van der Waals surface area contributed by atoms with Crippen molar-refractivity contribution in [3.8, 4) is 0 Å². The average molecular weight is 274 g/mol. The number of carbonyl (C=O) groups excluding carboxylic acids is 1. The number of benzene rings is 1. The lowest BCUT2D eigenvalue weighted by molar-refractivity contribution is 0.0891. The minimum Gasteiger partial charge on any atom is -0.394 e. The Morgan fingerprint density at radius 2 is 2.15 bits per heavy atom. The lowest BCUT2D eigenvalue weighted by Gasteiger charge is -2.22. The molecule has 1 amide bonds. The summed E-state index contributed by atoms with van der Waals surface area (Å²) < 4.78 is 1.99. The van der Waals surface area contributed by atoms with Crippen LogP contribution in [-0.2, 0) is 7.05 Å². The first-order chi connectivity index (χ1) is 9.56. The van der Waals surface area contributed by atoms with Crippen molar-refractivity contribution in [2.45, 2.75) is 26.3 Å². The normalized spacial score (nSPS) is 14.2. The van der Waals surface area contributed by atoms with Gasteiger partial charge in [-0.25, -0.2) is 0 Å². The maximum Gasteiger partial charge on any atom is 0.251 e. The number of fused-ring (bicyclic) bond motifs is 1. The molecule has 0 saturated heterocycles. The molecule has 0 saturated carbocycles. The van der Waals surface area contributed by atoms with E-state index >= 15 is 0 Å². The molecule has 0 spiro atoms. The van der Waals surface area contributed by atoms with Crippen molar-refractivity contribution >= 4 is 16.8 Å². The minimum atomic E-state index is -0.198. The lowest BCUT2D eigenvalue weighted by Crippen LogP contribution is -2.41. The predicted molar refractivity (Wildman–Crippen MR) is 80.7 cm³/mol. The van der Waals surface area contributed by atoms with E-state index in [1.165, 1.54) is 0 Å². The van der Waals surface area contributed by atoms with Gasteiger partial charge in [-0.15, -0.1) is 0 Å². The fraction of sp³-hybridized carbons (Fsp3) is 0.438. The molecule has 20 heavy (non-hydrogen) atoms. The number of aromatic nitrogens is 1. The predicted octanol–water partition coefficient (Wildman–Crippen LogP) is 2.32. The number of hydrogen-bond acceptors (Lipinski definition) is 2. The summed E-state index contributed by atoms with van der Waals surface area (Å²) in [6.45, 7) is 4.05. The number of aliphatic hydroxyl groups is 1. The van der Waals surface area contributed by atoms with Gasteiger partial charge in [0.1, 0.15) is 0 Å². The van der Waals surface area contributed by atoms with Gasteiger partial charge < -0.3 is 15.0 Å². The molecule has 2 N–H and O–H groups in total. The highest BCUT2D eigenvalue weighted by Crippen LogP contribution is 2.17. The van der Waals surface area contributed by atoms with Crippen molar-refractivity contribution in [1.29, 1.82) is 0 Å². The number of nitrogens with zero attached hydrogens (tertiary/aromatic N) is 1. The molecule has 2 rings (SSSR count). The molecule has 4 nitrogen and oxygen atoms in total. The Bertz CT molecular complexity index is 604. The Morgan fingerprint density at radius 1 is 1.40 bits per heavy atom. The van der Waals surface area contributed by atoms with Crippen LogP contribution in [0.25, 0.3) is 10.9 Å². The largest absolute Gasteiger partial charge is 0.394 e. The summed E-state index contributed by atoms with van der Waals surface area (Å²) in [7, 11) is 1.96. The monoisotopic (exact) mass is 274 g/mol. The molecule has 108 valence electrons. The van der Waals surface area contributed by atoms with Gasteiger partial charge >= 0.3 is 0 Å². The molecule has 4 heteroatoms. The van der Waals surface area contributed by atoms with Crippen LogP contribution in [0.15, 0.2) is 30.5 Å². The maximum absolute atomic E-state index is 12.3. The molecule has 1 heterocycles. The van der Waals surface area contributed by atoms with Gasteiger partial charge in [-0.3, -0.25) is 4.79 Å². The smallest absolute Gasteiger partial charge is 0.251 e. The summed E-state index contributed by atoms with van der Waals surface area (Å²) in [5, 5.41) is 13.4. The molecule has 0 bridgehead atoms. The zero-order chi connectivity index (χ0) is 14.7. The molecule has 1 aromatic carbocycles. The summed E-state index contributed by atoms with van der Waals surface area (Å²) in [6.07, 6.45) is 2.89. The van der Waals surface area contributed by atoms with E-state index in [2.05, 4.69) is 12.2 Å². The van der Waals surface area contributed by atoms with E-state index < -0.39 is 0 Å². The average Bonchev–Trinajstić information content (AvgIpc) is 2.84. The Kier molecular flexibility index (Phi) is 4.45. The van der Waals surface area contributed by atoms with Crippen LogP contribution in [0.5, 0.6) is 0 Å². The van der Waals surface area contributed by atoms with E-state index in [9.17, 15) is 9.90 Å². The van der Waals surface area contributed by atoms with Crippen molar-refractivity contribution in [2.24, 2.45) is 13.0 Å². The summed E-state index contributed by atoms with van der Waals surface area (Å²) in [6, 6.07) is 7.48. The van der Waals surface area contributed by atoms with Crippen molar-refractivity contribution in [2.75, 3.05) is 6.61 Å². The van der Waals surface area contributed by atoms with Crippen LogP contribution in [0.2, 0.25) is 0 Å². The Hall–Kier alpha value is -1.81. The Balaban J connectivity index is 2.20. The van der Waals surface area contributed by atoms with Crippen molar-refractivity contribution in [1.82, 2.24) is 9.88 Å². The first-order valence-electron chi connectivity index (χ1n) is 7.03. The third kappa shape index (κ3) is 2.85. The summed E-state index contributed by atoms with van der Waals surface area (Å²) in [5.74, 6) is 0.121. The summed E-state index contributed by atoms with van der Waals surface area (Å²) in [4.78, 5) is 12.3. The number of rotatable bonds is 5. The molecule has 0 aliphatic rings. The van der Waals surface area contributed by atoms with E-state index in [1.807, 2.05) is 49.0 Å². The van der Waals surface area contributed by atoms with Crippen molar-refractivity contribution in [3.63, 3.8) is 0 Å². The standard InChI is InChI=1S/C16H22N2O2/c1-4-11(2)14(10-19)17-16(20)13-6-5-12-7-8-18(3)15(12)9-13/h5-9,11,14,19H,4,10H2,1-3H3,(H,17,20)/t11-,14-/m1/s1. The lowest BCUT2D eigenvalue weighted by atomic mass is 9.99.